The average molecular weight is 170 g/mol. The third-order valence-corrected chi connectivity index (χ3v) is 2.06. The number of hydrogen-bond donors (Lipinski definition) is 0. The van der Waals surface area contributed by atoms with Crippen molar-refractivity contribution in [3.63, 3.8) is 0 Å². The SMILES string of the molecule is CCCCOC(=O)C1CC[N]C1. The molecule has 69 valence electrons. The molecule has 1 aliphatic heterocycles. The molecule has 0 aromatic rings. The van der Waals surface area contributed by atoms with E-state index < -0.39 is 0 Å². The first-order valence-electron chi connectivity index (χ1n) is 4.64. The van der Waals surface area contributed by atoms with Gasteiger partial charge in [0.05, 0.1) is 12.5 Å². The molecule has 0 spiro atoms. The van der Waals surface area contributed by atoms with Crippen LogP contribution in [0.15, 0.2) is 0 Å². The molecule has 1 atom stereocenters. The fourth-order valence-electron chi connectivity index (χ4n) is 1.21. The zero-order chi connectivity index (χ0) is 8.81. The van der Waals surface area contributed by atoms with Crippen molar-refractivity contribution < 1.29 is 9.53 Å². The van der Waals surface area contributed by atoms with Crippen molar-refractivity contribution in [3.8, 4) is 0 Å². The van der Waals surface area contributed by atoms with Crippen molar-refractivity contribution in [1.29, 1.82) is 0 Å². The van der Waals surface area contributed by atoms with Crippen LogP contribution in [0.4, 0.5) is 0 Å². The molecule has 0 N–H and O–H groups in total. The molecule has 1 unspecified atom stereocenters. The van der Waals surface area contributed by atoms with Gasteiger partial charge in [0.25, 0.3) is 0 Å². The molecular weight excluding hydrogens is 154 g/mol. The summed E-state index contributed by atoms with van der Waals surface area (Å²) in [5.41, 5.74) is 0. The fourth-order valence-corrected chi connectivity index (χ4v) is 1.21. The van der Waals surface area contributed by atoms with Gasteiger partial charge in [-0.2, -0.15) is 0 Å². The van der Waals surface area contributed by atoms with Gasteiger partial charge in [0.1, 0.15) is 0 Å². The molecule has 0 amide bonds. The molecule has 3 heteroatoms. The lowest BCUT2D eigenvalue weighted by Gasteiger charge is -2.07. The quantitative estimate of drug-likeness (QED) is 0.465. The second kappa shape index (κ2) is 5.14. The molecule has 0 bridgehead atoms. The van der Waals surface area contributed by atoms with Crippen LogP contribution in [0.5, 0.6) is 0 Å². The molecule has 3 nitrogen and oxygen atoms in total. The van der Waals surface area contributed by atoms with E-state index in [1.807, 2.05) is 0 Å². The lowest BCUT2D eigenvalue weighted by Crippen LogP contribution is -2.19. The standard InChI is InChI=1S/C9H16NO2/c1-2-3-6-12-9(11)8-4-5-10-7-8/h8H,2-7H2,1H3. The number of carbonyl (C=O) groups is 1. The Labute approximate surface area is 73.5 Å². The Morgan fingerprint density at radius 1 is 1.67 bits per heavy atom. The molecule has 1 fully saturated rings. The highest BCUT2D eigenvalue weighted by Crippen LogP contribution is 2.10. The zero-order valence-corrected chi connectivity index (χ0v) is 7.58. The average Bonchev–Trinajstić information content (AvgIpc) is 2.56. The van der Waals surface area contributed by atoms with Crippen LogP contribution in [-0.4, -0.2) is 25.7 Å². The van der Waals surface area contributed by atoms with Gasteiger partial charge < -0.3 is 4.74 Å². The molecule has 1 saturated heterocycles. The molecule has 1 rings (SSSR count). The van der Waals surface area contributed by atoms with Crippen molar-refractivity contribution >= 4 is 5.97 Å². The molecular formula is C9H16NO2. The molecule has 12 heavy (non-hydrogen) atoms. The highest BCUT2D eigenvalue weighted by Gasteiger charge is 2.24. The second-order valence-corrected chi connectivity index (χ2v) is 3.14. The first-order valence-corrected chi connectivity index (χ1v) is 4.64. The van der Waals surface area contributed by atoms with Crippen LogP contribution in [0, 0.1) is 5.92 Å². The van der Waals surface area contributed by atoms with Gasteiger partial charge in [0.2, 0.25) is 0 Å². The number of unbranched alkanes of at least 4 members (excludes halogenated alkanes) is 1. The van der Waals surface area contributed by atoms with E-state index in [0.717, 1.165) is 25.8 Å². The monoisotopic (exact) mass is 170 g/mol. The van der Waals surface area contributed by atoms with E-state index in [2.05, 4.69) is 12.2 Å². The van der Waals surface area contributed by atoms with Gasteiger partial charge in [0.15, 0.2) is 0 Å². The number of hydrogen-bond acceptors (Lipinski definition) is 2. The fraction of sp³-hybridized carbons (Fsp3) is 0.889. The molecule has 0 aliphatic carbocycles. The van der Waals surface area contributed by atoms with Gasteiger partial charge in [0, 0.05) is 13.1 Å². The minimum atomic E-state index is -0.0512. The first-order chi connectivity index (χ1) is 5.84. The molecule has 1 radical (unpaired) electrons. The summed E-state index contributed by atoms with van der Waals surface area (Å²) in [4.78, 5) is 11.2. The van der Waals surface area contributed by atoms with Crippen molar-refractivity contribution in [3.05, 3.63) is 0 Å². The summed E-state index contributed by atoms with van der Waals surface area (Å²) in [6.45, 7) is 4.16. The highest BCUT2D eigenvalue weighted by atomic mass is 16.5. The largest absolute Gasteiger partial charge is 0.465 e. The van der Waals surface area contributed by atoms with E-state index in [1.54, 1.807) is 0 Å². The number of ether oxygens (including phenoxy) is 1. The molecule has 0 aromatic heterocycles. The van der Waals surface area contributed by atoms with Crippen LogP contribution in [0.2, 0.25) is 0 Å². The molecule has 0 aromatic carbocycles. The Balaban J connectivity index is 2.10. The third-order valence-electron chi connectivity index (χ3n) is 2.06. The second-order valence-electron chi connectivity index (χ2n) is 3.14. The number of carbonyl (C=O) groups excluding carboxylic acids is 1. The Morgan fingerprint density at radius 2 is 2.50 bits per heavy atom. The maximum atomic E-state index is 11.2. The number of esters is 1. The lowest BCUT2D eigenvalue weighted by atomic mass is 10.1. The Bertz CT molecular complexity index is 141. The van der Waals surface area contributed by atoms with E-state index in [9.17, 15) is 4.79 Å². The summed E-state index contributed by atoms with van der Waals surface area (Å²) in [7, 11) is 0. The summed E-state index contributed by atoms with van der Waals surface area (Å²) >= 11 is 0. The predicted molar refractivity (Wildman–Crippen MR) is 45.8 cm³/mol. The maximum Gasteiger partial charge on any atom is 0.310 e. The van der Waals surface area contributed by atoms with E-state index in [0.29, 0.717) is 13.2 Å². The van der Waals surface area contributed by atoms with Crippen molar-refractivity contribution in [2.75, 3.05) is 19.7 Å². The first kappa shape index (κ1) is 9.52. The minimum absolute atomic E-state index is 0.0512. The van der Waals surface area contributed by atoms with Gasteiger partial charge >= 0.3 is 5.97 Å². The van der Waals surface area contributed by atoms with Crippen LogP contribution in [0.25, 0.3) is 0 Å². The Morgan fingerprint density at radius 3 is 3.08 bits per heavy atom. The highest BCUT2D eigenvalue weighted by molar-refractivity contribution is 5.73. The van der Waals surface area contributed by atoms with Gasteiger partial charge in [-0.1, -0.05) is 13.3 Å². The van der Waals surface area contributed by atoms with Crippen LogP contribution < -0.4 is 5.32 Å². The topological polar surface area (TPSA) is 40.4 Å². The predicted octanol–water partition coefficient (Wildman–Crippen LogP) is 0.954. The van der Waals surface area contributed by atoms with Crippen molar-refractivity contribution in [1.82, 2.24) is 5.32 Å². The molecule has 1 aliphatic rings. The maximum absolute atomic E-state index is 11.2. The molecule has 0 saturated carbocycles. The van der Waals surface area contributed by atoms with Crippen molar-refractivity contribution in [2.45, 2.75) is 26.2 Å². The smallest absolute Gasteiger partial charge is 0.310 e. The van der Waals surface area contributed by atoms with Crippen LogP contribution in [0.1, 0.15) is 26.2 Å². The lowest BCUT2D eigenvalue weighted by molar-refractivity contribution is -0.147. The number of rotatable bonds is 4. The van der Waals surface area contributed by atoms with Crippen molar-refractivity contribution in [2.24, 2.45) is 5.92 Å². The summed E-state index contributed by atoms with van der Waals surface area (Å²) in [6, 6.07) is 0. The van der Waals surface area contributed by atoms with E-state index in [4.69, 9.17) is 4.74 Å². The van der Waals surface area contributed by atoms with E-state index >= 15 is 0 Å². The Hall–Kier alpha value is -0.570. The zero-order valence-electron chi connectivity index (χ0n) is 7.58. The molecule has 1 heterocycles. The van der Waals surface area contributed by atoms with E-state index in [1.165, 1.54) is 0 Å². The van der Waals surface area contributed by atoms with Crippen LogP contribution in [-0.2, 0) is 9.53 Å². The number of nitrogens with zero attached hydrogens (tertiary/aromatic N) is 1. The van der Waals surface area contributed by atoms with Gasteiger partial charge in [-0.15, -0.1) is 0 Å². The summed E-state index contributed by atoms with van der Waals surface area (Å²) < 4.78 is 5.07. The van der Waals surface area contributed by atoms with E-state index in [-0.39, 0.29) is 11.9 Å². The van der Waals surface area contributed by atoms with Crippen LogP contribution in [0.3, 0.4) is 0 Å². The van der Waals surface area contributed by atoms with Gasteiger partial charge in [-0.25, -0.2) is 5.32 Å². The Kier molecular flexibility index (Phi) is 4.08. The third kappa shape index (κ3) is 2.81. The normalized spacial score (nSPS) is 22.6. The van der Waals surface area contributed by atoms with Gasteiger partial charge in [-0.3, -0.25) is 4.79 Å². The summed E-state index contributed by atoms with van der Waals surface area (Å²) in [5.74, 6) is 0.00607. The summed E-state index contributed by atoms with van der Waals surface area (Å²) in [6.07, 6.45) is 2.92. The van der Waals surface area contributed by atoms with Crippen LogP contribution >= 0.6 is 0 Å². The summed E-state index contributed by atoms with van der Waals surface area (Å²) in [5, 5.41) is 4.11. The minimum Gasteiger partial charge on any atom is -0.465 e. The van der Waals surface area contributed by atoms with Gasteiger partial charge in [-0.05, 0) is 12.8 Å².